The van der Waals surface area contributed by atoms with Crippen molar-refractivity contribution in [3.63, 3.8) is 0 Å². The number of hydrogen-bond acceptors (Lipinski definition) is 5. The topological polar surface area (TPSA) is 76.2 Å². The fourth-order valence-electron chi connectivity index (χ4n) is 4.15. The third-order valence-corrected chi connectivity index (χ3v) is 7.62. The number of carbonyl (C=O) groups excluding carboxylic acids is 1. The van der Waals surface area contributed by atoms with Crippen molar-refractivity contribution in [2.45, 2.75) is 49.6 Å². The smallest absolute Gasteiger partial charge is 0.249 e. The number of methoxy groups -OCH3 is 1. The Hall–Kier alpha value is -1.55. The van der Waals surface area contributed by atoms with Crippen molar-refractivity contribution in [1.29, 1.82) is 0 Å². The van der Waals surface area contributed by atoms with Gasteiger partial charge in [0.2, 0.25) is 15.9 Å². The number of rotatable bonds is 6. The molecule has 0 atom stereocenters. The van der Waals surface area contributed by atoms with Crippen LogP contribution in [0.3, 0.4) is 0 Å². The van der Waals surface area contributed by atoms with E-state index in [0.29, 0.717) is 44.7 Å². The van der Waals surface area contributed by atoms with Crippen LogP contribution >= 0.6 is 0 Å². The number of hydrogen-bond donors (Lipinski definition) is 0. The normalized spacial score (nSPS) is 20.0. The first-order valence-electron chi connectivity index (χ1n) is 9.98. The standard InChI is InChI=1S/C20H29FN2O5S/c1-15-13-18(3-4-19(15)21)29(25,26)22-9-5-16(6-10-22)23(20(24)14-27-2)17-7-11-28-12-8-17/h3-4,13,16-17H,5-12,14H2,1-2H3. The van der Waals surface area contributed by atoms with E-state index in [1.165, 1.54) is 29.6 Å². The van der Waals surface area contributed by atoms with Crippen molar-refractivity contribution >= 4 is 15.9 Å². The number of carbonyl (C=O) groups is 1. The molecule has 0 spiro atoms. The molecule has 1 amide bonds. The Balaban J connectivity index is 1.71. The van der Waals surface area contributed by atoms with Crippen LogP contribution in [0.25, 0.3) is 0 Å². The molecule has 2 heterocycles. The summed E-state index contributed by atoms with van der Waals surface area (Å²) in [5.41, 5.74) is 0.303. The number of amides is 1. The summed E-state index contributed by atoms with van der Waals surface area (Å²) in [5.74, 6) is -0.485. The largest absolute Gasteiger partial charge is 0.381 e. The van der Waals surface area contributed by atoms with Gasteiger partial charge in [0.05, 0.1) is 4.90 Å². The summed E-state index contributed by atoms with van der Waals surface area (Å²) >= 11 is 0. The first kappa shape index (κ1) is 22.1. The Labute approximate surface area is 171 Å². The molecule has 2 aliphatic rings. The van der Waals surface area contributed by atoms with E-state index in [9.17, 15) is 17.6 Å². The Morgan fingerprint density at radius 2 is 1.83 bits per heavy atom. The van der Waals surface area contributed by atoms with Crippen molar-refractivity contribution in [2.24, 2.45) is 0 Å². The average Bonchev–Trinajstić information content (AvgIpc) is 2.71. The molecule has 0 saturated carbocycles. The molecule has 0 unspecified atom stereocenters. The van der Waals surface area contributed by atoms with Crippen LogP contribution in [-0.2, 0) is 24.3 Å². The van der Waals surface area contributed by atoms with Crippen molar-refractivity contribution < 1.29 is 27.1 Å². The second-order valence-electron chi connectivity index (χ2n) is 7.62. The lowest BCUT2D eigenvalue weighted by Gasteiger charge is -2.43. The molecule has 2 saturated heterocycles. The fourth-order valence-corrected chi connectivity index (χ4v) is 5.71. The minimum Gasteiger partial charge on any atom is -0.381 e. The zero-order valence-electron chi connectivity index (χ0n) is 17.0. The highest BCUT2D eigenvalue weighted by atomic mass is 32.2. The van der Waals surface area contributed by atoms with E-state index in [4.69, 9.17) is 9.47 Å². The summed E-state index contributed by atoms with van der Waals surface area (Å²) in [5, 5.41) is 0. The number of aryl methyl sites for hydroxylation is 1. The highest BCUT2D eigenvalue weighted by molar-refractivity contribution is 7.89. The summed E-state index contributed by atoms with van der Waals surface area (Å²) < 4.78 is 51.3. The van der Waals surface area contributed by atoms with E-state index in [-0.39, 0.29) is 29.5 Å². The van der Waals surface area contributed by atoms with Gasteiger partial charge in [-0.05, 0) is 56.4 Å². The SMILES string of the molecule is COCC(=O)N(C1CCOCC1)C1CCN(S(=O)(=O)c2ccc(F)c(C)c2)CC1. The fraction of sp³-hybridized carbons (Fsp3) is 0.650. The molecule has 2 aliphatic heterocycles. The van der Waals surface area contributed by atoms with Crippen LogP contribution in [0, 0.1) is 12.7 Å². The van der Waals surface area contributed by atoms with Crippen molar-refractivity contribution in [3.8, 4) is 0 Å². The zero-order valence-corrected chi connectivity index (χ0v) is 17.8. The third-order valence-electron chi connectivity index (χ3n) is 5.72. The first-order chi connectivity index (χ1) is 13.8. The second kappa shape index (κ2) is 9.51. The van der Waals surface area contributed by atoms with Gasteiger partial charge in [-0.15, -0.1) is 0 Å². The van der Waals surface area contributed by atoms with Gasteiger partial charge in [0.1, 0.15) is 12.4 Å². The Kier molecular flexibility index (Phi) is 7.26. The molecule has 0 bridgehead atoms. The van der Waals surface area contributed by atoms with Gasteiger partial charge in [0.15, 0.2) is 0 Å². The minimum absolute atomic E-state index is 0.0186. The van der Waals surface area contributed by atoms with Crippen LogP contribution in [0.1, 0.15) is 31.2 Å². The number of ether oxygens (including phenoxy) is 2. The number of halogens is 1. The maximum atomic E-state index is 13.5. The van der Waals surface area contributed by atoms with Crippen LogP contribution in [0.15, 0.2) is 23.1 Å². The van der Waals surface area contributed by atoms with Crippen molar-refractivity contribution in [2.75, 3.05) is 40.0 Å². The molecule has 0 radical (unpaired) electrons. The minimum atomic E-state index is -3.69. The third kappa shape index (κ3) is 4.96. The van der Waals surface area contributed by atoms with Gasteiger partial charge in [0, 0.05) is 45.5 Å². The Morgan fingerprint density at radius 3 is 2.41 bits per heavy atom. The quantitative estimate of drug-likeness (QED) is 0.692. The van der Waals surface area contributed by atoms with Crippen molar-refractivity contribution in [1.82, 2.24) is 9.21 Å². The number of piperidine rings is 1. The Morgan fingerprint density at radius 1 is 1.21 bits per heavy atom. The first-order valence-corrected chi connectivity index (χ1v) is 11.4. The summed E-state index contributed by atoms with van der Waals surface area (Å²) in [7, 11) is -2.19. The molecule has 1 aromatic rings. The van der Waals surface area contributed by atoms with E-state index < -0.39 is 15.8 Å². The number of sulfonamides is 1. The highest BCUT2D eigenvalue weighted by Gasteiger charge is 2.36. The number of benzene rings is 1. The highest BCUT2D eigenvalue weighted by Crippen LogP contribution is 2.27. The van der Waals surface area contributed by atoms with E-state index in [1.807, 2.05) is 4.90 Å². The molecule has 2 fully saturated rings. The summed E-state index contributed by atoms with van der Waals surface area (Å²) in [6, 6.07) is 3.93. The van der Waals surface area contributed by atoms with Crippen LogP contribution in [0.4, 0.5) is 4.39 Å². The van der Waals surface area contributed by atoms with Gasteiger partial charge in [-0.1, -0.05) is 0 Å². The van der Waals surface area contributed by atoms with E-state index in [2.05, 4.69) is 0 Å². The van der Waals surface area contributed by atoms with Crippen LogP contribution in [0.5, 0.6) is 0 Å². The molecule has 29 heavy (non-hydrogen) atoms. The van der Waals surface area contributed by atoms with Crippen LogP contribution in [-0.4, -0.2) is 75.6 Å². The van der Waals surface area contributed by atoms with E-state index >= 15 is 0 Å². The molecule has 7 nitrogen and oxygen atoms in total. The maximum Gasteiger partial charge on any atom is 0.249 e. The predicted molar refractivity (Wildman–Crippen MR) is 105 cm³/mol. The van der Waals surface area contributed by atoms with Crippen molar-refractivity contribution in [3.05, 3.63) is 29.6 Å². The van der Waals surface area contributed by atoms with Gasteiger partial charge in [0.25, 0.3) is 0 Å². The molecule has 0 aromatic heterocycles. The zero-order chi connectivity index (χ0) is 21.0. The molecular weight excluding hydrogens is 399 g/mol. The lowest BCUT2D eigenvalue weighted by molar-refractivity contribution is -0.143. The van der Waals surface area contributed by atoms with Gasteiger partial charge < -0.3 is 14.4 Å². The summed E-state index contributed by atoms with van der Waals surface area (Å²) in [6.45, 7) is 3.46. The average molecular weight is 429 g/mol. The molecule has 1 aromatic carbocycles. The van der Waals surface area contributed by atoms with Gasteiger partial charge >= 0.3 is 0 Å². The molecule has 3 rings (SSSR count). The maximum absolute atomic E-state index is 13.5. The van der Waals surface area contributed by atoms with Gasteiger partial charge in [-0.2, -0.15) is 4.31 Å². The lowest BCUT2D eigenvalue weighted by atomic mass is 9.98. The summed E-state index contributed by atoms with van der Waals surface area (Å²) in [4.78, 5) is 14.7. The predicted octanol–water partition coefficient (Wildman–Crippen LogP) is 1.94. The van der Waals surface area contributed by atoms with Crippen LogP contribution < -0.4 is 0 Å². The molecular formula is C20H29FN2O5S. The Bertz CT molecular complexity index is 818. The van der Waals surface area contributed by atoms with E-state index in [0.717, 1.165) is 12.8 Å². The van der Waals surface area contributed by atoms with Gasteiger partial charge in [-0.3, -0.25) is 4.79 Å². The molecule has 0 N–H and O–H groups in total. The van der Waals surface area contributed by atoms with Gasteiger partial charge in [-0.25, -0.2) is 12.8 Å². The van der Waals surface area contributed by atoms with E-state index in [1.54, 1.807) is 6.92 Å². The monoisotopic (exact) mass is 428 g/mol. The molecule has 0 aliphatic carbocycles. The lowest BCUT2D eigenvalue weighted by Crippen LogP contribution is -2.54. The molecule has 9 heteroatoms. The second-order valence-corrected chi connectivity index (χ2v) is 9.56. The number of nitrogens with zero attached hydrogens (tertiary/aromatic N) is 2. The van der Waals surface area contributed by atoms with Crippen LogP contribution in [0.2, 0.25) is 0 Å². The summed E-state index contributed by atoms with van der Waals surface area (Å²) in [6.07, 6.45) is 2.68. The molecule has 162 valence electrons.